The van der Waals surface area contributed by atoms with Gasteiger partial charge >= 0.3 is 5.97 Å². The predicted molar refractivity (Wildman–Crippen MR) is 30.1 cm³/mol. The Labute approximate surface area is 52.1 Å². The zero-order valence-electron chi connectivity index (χ0n) is 4.96. The molecule has 0 aromatic rings. The molecule has 0 aliphatic rings. The molecule has 0 aromatic heterocycles. The lowest BCUT2D eigenvalue weighted by atomic mass is 10.3. The molecule has 52 valence electrons. The Bertz CT molecular complexity index is 147. The van der Waals surface area contributed by atoms with E-state index in [4.69, 9.17) is 15.3 Å². The number of hydrogen-bond acceptors (Lipinski definition) is 3. The second kappa shape index (κ2) is 3.09. The zero-order chi connectivity index (χ0) is 7.44. The average molecular weight is 132 g/mol. The summed E-state index contributed by atoms with van der Waals surface area (Å²) in [5, 5.41) is 24.9. The standard InChI is InChI=1S/C5H8O4/c1-3(2-6)4(7)5(8)9/h6-7H,2H2,1H3,(H,8,9)/b4-3+. The van der Waals surface area contributed by atoms with Crippen LogP contribution in [0, 0.1) is 0 Å². The highest BCUT2D eigenvalue weighted by molar-refractivity contribution is 5.84. The van der Waals surface area contributed by atoms with Crippen molar-refractivity contribution >= 4 is 5.97 Å². The highest BCUT2D eigenvalue weighted by Gasteiger charge is 2.06. The zero-order valence-corrected chi connectivity index (χ0v) is 4.96. The molecule has 0 fully saturated rings. The molecule has 0 spiro atoms. The van der Waals surface area contributed by atoms with Crippen LogP contribution in [-0.4, -0.2) is 27.9 Å². The maximum absolute atomic E-state index is 9.88. The van der Waals surface area contributed by atoms with E-state index in [-0.39, 0.29) is 5.57 Å². The fraction of sp³-hybridized carbons (Fsp3) is 0.400. The second-order valence-corrected chi connectivity index (χ2v) is 1.59. The second-order valence-electron chi connectivity index (χ2n) is 1.59. The first-order valence-corrected chi connectivity index (χ1v) is 2.32. The molecule has 0 heterocycles. The molecular weight excluding hydrogens is 124 g/mol. The topological polar surface area (TPSA) is 77.8 Å². The largest absolute Gasteiger partial charge is 0.502 e. The van der Waals surface area contributed by atoms with E-state index < -0.39 is 18.3 Å². The minimum atomic E-state index is -1.42. The van der Waals surface area contributed by atoms with Crippen molar-refractivity contribution in [3.05, 3.63) is 11.3 Å². The van der Waals surface area contributed by atoms with E-state index in [0.717, 1.165) is 0 Å². The molecule has 0 atom stereocenters. The first kappa shape index (κ1) is 7.97. The van der Waals surface area contributed by atoms with Crippen LogP contribution in [0.25, 0.3) is 0 Å². The number of rotatable bonds is 2. The Hall–Kier alpha value is -1.03. The Kier molecular flexibility index (Phi) is 2.73. The minimum Gasteiger partial charge on any atom is -0.502 e. The smallest absolute Gasteiger partial charge is 0.370 e. The van der Waals surface area contributed by atoms with Gasteiger partial charge in [-0.25, -0.2) is 4.79 Å². The molecule has 3 N–H and O–H groups in total. The first-order chi connectivity index (χ1) is 4.09. The lowest BCUT2D eigenvalue weighted by Crippen LogP contribution is -2.04. The molecule has 9 heavy (non-hydrogen) atoms. The molecule has 4 nitrogen and oxygen atoms in total. The third-order valence-corrected chi connectivity index (χ3v) is 0.844. The third-order valence-electron chi connectivity index (χ3n) is 0.844. The number of carbonyl (C=O) groups is 1. The van der Waals surface area contributed by atoms with Crippen LogP contribution in [0.5, 0.6) is 0 Å². The van der Waals surface area contributed by atoms with Crippen LogP contribution in [0.3, 0.4) is 0 Å². The van der Waals surface area contributed by atoms with E-state index in [9.17, 15) is 4.79 Å². The van der Waals surface area contributed by atoms with Gasteiger partial charge in [-0.05, 0) is 6.92 Å². The molecule has 0 bridgehead atoms. The van der Waals surface area contributed by atoms with Crippen molar-refractivity contribution < 1.29 is 20.1 Å². The van der Waals surface area contributed by atoms with Crippen LogP contribution in [0.15, 0.2) is 11.3 Å². The van der Waals surface area contributed by atoms with Crippen molar-refractivity contribution in [3.63, 3.8) is 0 Å². The van der Waals surface area contributed by atoms with Crippen molar-refractivity contribution in [3.8, 4) is 0 Å². The van der Waals surface area contributed by atoms with Crippen molar-refractivity contribution in [2.45, 2.75) is 6.92 Å². The molecule has 0 aliphatic carbocycles. The maximum atomic E-state index is 9.88. The third kappa shape index (κ3) is 2.14. The van der Waals surface area contributed by atoms with Crippen LogP contribution >= 0.6 is 0 Å². The average Bonchev–Trinajstić information content (AvgIpc) is 1.84. The number of aliphatic hydroxyl groups excluding tert-OH is 2. The van der Waals surface area contributed by atoms with E-state index in [2.05, 4.69) is 0 Å². The van der Waals surface area contributed by atoms with Crippen molar-refractivity contribution in [1.29, 1.82) is 0 Å². The Balaban J connectivity index is 4.28. The number of aliphatic carboxylic acids is 1. The molecule has 0 aromatic carbocycles. The monoisotopic (exact) mass is 132 g/mol. The van der Waals surface area contributed by atoms with Gasteiger partial charge in [-0.2, -0.15) is 0 Å². The summed E-state index contributed by atoms with van der Waals surface area (Å²) in [6, 6.07) is 0. The van der Waals surface area contributed by atoms with Crippen LogP contribution in [0.1, 0.15) is 6.92 Å². The summed E-state index contributed by atoms with van der Waals surface area (Å²) in [5.74, 6) is -2.20. The van der Waals surface area contributed by atoms with E-state index in [1.165, 1.54) is 6.92 Å². The van der Waals surface area contributed by atoms with Crippen LogP contribution in [0.4, 0.5) is 0 Å². The molecule has 0 radical (unpaired) electrons. The first-order valence-electron chi connectivity index (χ1n) is 2.32. The summed E-state index contributed by atoms with van der Waals surface area (Å²) in [6.45, 7) is 0.904. The fourth-order valence-corrected chi connectivity index (χ4v) is 0.257. The van der Waals surface area contributed by atoms with E-state index in [0.29, 0.717) is 0 Å². The van der Waals surface area contributed by atoms with Crippen LogP contribution in [0.2, 0.25) is 0 Å². The summed E-state index contributed by atoms with van der Waals surface area (Å²) in [5.41, 5.74) is 0.0579. The van der Waals surface area contributed by atoms with Gasteiger partial charge in [0.25, 0.3) is 0 Å². The summed E-state index contributed by atoms with van der Waals surface area (Å²) < 4.78 is 0. The van der Waals surface area contributed by atoms with E-state index in [1.807, 2.05) is 0 Å². The molecular formula is C5H8O4. The Morgan fingerprint density at radius 3 is 2.00 bits per heavy atom. The lowest BCUT2D eigenvalue weighted by molar-refractivity contribution is -0.135. The van der Waals surface area contributed by atoms with Gasteiger partial charge in [-0.15, -0.1) is 0 Å². The minimum absolute atomic E-state index is 0.0579. The number of aliphatic hydroxyl groups is 2. The van der Waals surface area contributed by atoms with Crippen LogP contribution < -0.4 is 0 Å². The van der Waals surface area contributed by atoms with Gasteiger partial charge in [-0.1, -0.05) is 0 Å². The van der Waals surface area contributed by atoms with Gasteiger partial charge in [0.2, 0.25) is 5.76 Å². The Morgan fingerprint density at radius 1 is 1.44 bits per heavy atom. The summed E-state index contributed by atoms with van der Waals surface area (Å²) in [6.07, 6.45) is 0. The molecule has 0 amide bonds. The van der Waals surface area contributed by atoms with Gasteiger partial charge in [0.1, 0.15) is 0 Å². The normalized spacial score (nSPS) is 12.7. The van der Waals surface area contributed by atoms with Gasteiger partial charge in [-0.3, -0.25) is 0 Å². The predicted octanol–water partition coefficient (Wildman–Crippen LogP) is -0.105. The number of hydrogen-bond donors (Lipinski definition) is 3. The van der Waals surface area contributed by atoms with Gasteiger partial charge in [0.05, 0.1) is 6.61 Å². The Morgan fingerprint density at radius 2 is 1.89 bits per heavy atom. The molecule has 0 rings (SSSR count). The quantitative estimate of drug-likeness (QED) is 0.362. The molecule has 4 heteroatoms. The van der Waals surface area contributed by atoms with E-state index in [1.54, 1.807) is 0 Å². The highest BCUT2D eigenvalue weighted by Crippen LogP contribution is 1.97. The van der Waals surface area contributed by atoms with Gasteiger partial charge < -0.3 is 15.3 Å². The fourth-order valence-electron chi connectivity index (χ4n) is 0.257. The molecule has 0 saturated carbocycles. The summed E-state index contributed by atoms with van der Waals surface area (Å²) in [4.78, 5) is 9.88. The summed E-state index contributed by atoms with van der Waals surface area (Å²) in [7, 11) is 0. The molecule has 0 unspecified atom stereocenters. The van der Waals surface area contributed by atoms with Crippen molar-refractivity contribution in [2.75, 3.05) is 6.61 Å². The van der Waals surface area contributed by atoms with Crippen molar-refractivity contribution in [2.24, 2.45) is 0 Å². The maximum Gasteiger partial charge on any atom is 0.370 e. The summed E-state index contributed by atoms with van der Waals surface area (Å²) >= 11 is 0. The number of carboxylic acids is 1. The highest BCUT2D eigenvalue weighted by atomic mass is 16.4. The van der Waals surface area contributed by atoms with Crippen molar-refractivity contribution in [1.82, 2.24) is 0 Å². The van der Waals surface area contributed by atoms with Gasteiger partial charge in [0.15, 0.2) is 0 Å². The molecule has 0 saturated heterocycles. The van der Waals surface area contributed by atoms with E-state index >= 15 is 0 Å². The number of carboxylic acid groups (broad SMARTS) is 1. The lowest BCUT2D eigenvalue weighted by Gasteiger charge is -1.95. The van der Waals surface area contributed by atoms with Crippen LogP contribution in [-0.2, 0) is 4.79 Å². The van der Waals surface area contributed by atoms with Gasteiger partial charge in [0, 0.05) is 5.57 Å². The SMILES string of the molecule is C/C(CO)=C(\O)C(=O)O. The molecule has 0 aliphatic heterocycles.